The third kappa shape index (κ3) is 3.36. The predicted molar refractivity (Wildman–Crippen MR) is 130 cm³/mol. The number of hydrogen-bond acceptors (Lipinski definition) is 5. The first-order valence-electron chi connectivity index (χ1n) is 11.3. The molecule has 0 spiro atoms. The van der Waals surface area contributed by atoms with Crippen LogP contribution in [0.4, 0.5) is 4.39 Å². The molecule has 7 heteroatoms. The molecule has 2 aromatic carbocycles. The predicted octanol–water partition coefficient (Wildman–Crippen LogP) is 4.76. The summed E-state index contributed by atoms with van der Waals surface area (Å²) in [5.74, 6) is -0.308. The summed E-state index contributed by atoms with van der Waals surface area (Å²) in [5.41, 5.74) is 11.6. The van der Waals surface area contributed by atoms with Crippen molar-refractivity contribution in [3.05, 3.63) is 83.9 Å². The van der Waals surface area contributed by atoms with Crippen LogP contribution in [-0.4, -0.2) is 30.3 Å². The highest BCUT2D eigenvalue weighted by atomic mass is 19.1. The maximum atomic E-state index is 14.1. The van der Waals surface area contributed by atoms with Crippen molar-refractivity contribution < 1.29 is 9.50 Å². The molecule has 1 fully saturated rings. The van der Waals surface area contributed by atoms with Gasteiger partial charge in [0.2, 0.25) is 0 Å². The van der Waals surface area contributed by atoms with Gasteiger partial charge in [0.1, 0.15) is 5.82 Å². The molecule has 0 bridgehead atoms. The highest BCUT2D eigenvalue weighted by Gasteiger charge is 2.49. The fourth-order valence-corrected chi connectivity index (χ4v) is 5.22. The number of nitrogens with zero attached hydrogens (tertiary/aromatic N) is 4. The number of benzene rings is 2. The number of nitrogens with two attached hydrogens (primary N) is 1. The van der Waals surface area contributed by atoms with Crippen LogP contribution in [0.1, 0.15) is 31.0 Å². The molecule has 1 aliphatic carbocycles. The highest BCUT2D eigenvalue weighted by molar-refractivity contribution is 5.90. The van der Waals surface area contributed by atoms with Gasteiger partial charge in [0, 0.05) is 34.3 Å². The Balaban J connectivity index is 1.54. The molecule has 1 saturated carbocycles. The minimum atomic E-state index is -0.723. The monoisotopic (exact) mass is 453 g/mol. The number of rotatable bonds is 3. The Kier molecular flexibility index (Phi) is 4.40. The van der Waals surface area contributed by atoms with Crippen molar-refractivity contribution in [2.75, 3.05) is 0 Å². The summed E-state index contributed by atoms with van der Waals surface area (Å²) in [6.07, 6.45) is 2.81. The first kappa shape index (κ1) is 20.9. The van der Waals surface area contributed by atoms with Gasteiger partial charge in [-0.05, 0) is 56.0 Å². The number of aliphatic hydroxyl groups is 1. The van der Waals surface area contributed by atoms with Crippen LogP contribution in [0.2, 0.25) is 0 Å². The molecule has 0 atom stereocenters. The summed E-state index contributed by atoms with van der Waals surface area (Å²) in [5, 5.41) is 15.6. The Morgan fingerprint density at radius 3 is 2.50 bits per heavy atom. The minimum Gasteiger partial charge on any atom is -0.390 e. The molecule has 0 saturated heterocycles. The molecule has 5 aromatic rings. The highest BCUT2D eigenvalue weighted by Crippen LogP contribution is 2.46. The summed E-state index contributed by atoms with van der Waals surface area (Å²) < 4.78 is 15.9. The normalized spacial score (nSPS) is 22.3. The van der Waals surface area contributed by atoms with E-state index in [1.807, 2.05) is 56.3 Å². The molecule has 0 unspecified atom stereocenters. The molecule has 1 aliphatic rings. The fraction of sp³-hybridized carbons (Fsp3) is 0.222. The average Bonchev–Trinajstić information content (AvgIpc) is 3.18. The van der Waals surface area contributed by atoms with E-state index >= 15 is 0 Å². The van der Waals surface area contributed by atoms with E-state index in [1.54, 1.807) is 16.8 Å². The van der Waals surface area contributed by atoms with Crippen LogP contribution < -0.4 is 5.73 Å². The quantitative estimate of drug-likeness (QED) is 0.411. The van der Waals surface area contributed by atoms with Crippen LogP contribution in [0.15, 0.2) is 66.9 Å². The lowest BCUT2D eigenvalue weighted by Gasteiger charge is -2.49. The van der Waals surface area contributed by atoms with E-state index in [0.29, 0.717) is 18.5 Å². The minimum absolute atomic E-state index is 0.308. The Labute approximate surface area is 195 Å². The standard InChI is InChI=1S/C27H24FN5O/c1-16-10-23-30-13-19-12-22(18-4-3-5-21(28)11-18)24(31-25(19)33(23)32-16)17-6-8-20(9-7-17)27(29)14-26(2,34)15-27/h3-13,34H,14-15,29H2,1-2H3. The number of halogens is 1. The smallest absolute Gasteiger partial charge is 0.165 e. The number of hydrogen-bond donors (Lipinski definition) is 2. The topological polar surface area (TPSA) is 89.3 Å². The third-order valence-electron chi connectivity index (χ3n) is 6.64. The van der Waals surface area contributed by atoms with E-state index < -0.39 is 11.1 Å². The number of fused-ring (bicyclic) bond motifs is 3. The maximum Gasteiger partial charge on any atom is 0.165 e. The van der Waals surface area contributed by atoms with Gasteiger partial charge in [-0.15, -0.1) is 0 Å². The molecular formula is C27H24FN5O. The lowest BCUT2D eigenvalue weighted by molar-refractivity contribution is -0.0738. The van der Waals surface area contributed by atoms with Gasteiger partial charge < -0.3 is 10.8 Å². The van der Waals surface area contributed by atoms with Gasteiger partial charge in [-0.2, -0.15) is 9.61 Å². The van der Waals surface area contributed by atoms with E-state index in [2.05, 4.69) is 10.1 Å². The second-order valence-electron chi connectivity index (χ2n) is 9.71. The van der Waals surface area contributed by atoms with Crippen molar-refractivity contribution in [3.63, 3.8) is 0 Å². The lowest BCUT2D eigenvalue weighted by atomic mass is 9.63. The Bertz CT molecular complexity index is 1560. The number of aryl methyl sites for hydroxylation is 1. The SMILES string of the molecule is Cc1cc2ncc3cc(-c4cccc(F)c4)c(-c4ccc(C5(N)CC(C)(O)C5)cc4)nc3n2n1. The Morgan fingerprint density at radius 2 is 1.79 bits per heavy atom. The van der Waals surface area contributed by atoms with Crippen molar-refractivity contribution in [1.29, 1.82) is 0 Å². The van der Waals surface area contributed by atoms with Crippen molar-refractivity contribution in [2.24, 2.45) is 5.73 Å². The zero-order chi connectivity index (χ0) is 23.7. The Morgan fingerprint density at radius 1 is 1.03 bits per heavy atom. The van der Waals surface area contributed by atoms with E-state index in [-0.39, 0.29) is 5.82 Å². The fourth-order valence-electron chi connectivity index (χ4n) is 5.22. The number of aromatic nitrogens is 4. The van der Waals surface area contributed by atoms with E-state index in [1.165, 1.54) is 12.1 Å². The van der Waals surface area contributed by atoms with Gasteiger partial charge in [-0.1, -0.05) is 36.4 Å². The van der Waals surface area contributed by atoms with Crippen LogP contribution in [0.5, 0.6) is 0 Å². The van der Waals surface area contributed by atoms with Crippen LogP contribution in [-0.2, 0) is 5.54 Å². The molecule has 0 aliphatic heterocycles. The van der Waals surface area contributed by atoms with E-state index in [9.17, 15) is 9.50 Å². The van der Waals surface area contributed by atoms with Crippen molar-refractivity contribution in [3.8, 4) is 22.4 Å². The van der Waals surface area contributed by atoms with Gasteiger partial charge in [0.25, 0.3) is 0 Å². The van der Waals surface area contributed by atoms with Gasteiger partial charge in [-0.3, -0.25) is 0 Å². The summed E-state index contributed by atoms with van der Waals surface area (Å²) in [4.78, 5) is 9.51. The lowest BCUT2D eigenvalue weighted by Crippen LogP contribution is -2.58. The van der Waals surface area contributed by atoms with Gasteiger partial charge in [0.15, 0.2) is 11.3 Å². The van der Waals surface area contributed by atoms with Crippen molar-refractivity contribution >= 4 is 16.7 Å². The molecule has 0 radical (unpaired) electrons. The first-order valence-corrected chi connectivity index (χ1v) is 11.3. The van der Waals surface area contributed by atoms with Crippen molar-refractivity contribution in [1.82, 2.24) is 19.6 Å². The zero-order valence-electron chi connectivity index (χ0n) is 19.0. The zero-order valence-corrected chi connectivity index (χ0v) is 19.0. The van der Waals surface area contributed by atoms with E-state index in [0.717, 1.165) is 44.7 Å². The van der Waals surface area contributed by atoms with Crippen molar-refractivity contribution in [2.45, 2.75) is 37.8 Å². The molecule has 6 nitrogen and oxygen atoms in total. The molecule has 34 heavy (non-hydrogen) atoms. The largest absolute Gasteiger partial charge is 0.390 e. The molecule has 3 aromatic heterocycles. The van der Waals surface area contributed by atoms with Crippen LogP contribution in [0.25, 0.3) is 39.1 Å². The first-order chi connectivity index (χ1) is 16.2. The summed E-state index contributed by atoms with van der Waals surface area (Å²) in [6.45, 7) is 3.73. The summed E-state index contributed by atoms with van der Waals surface area (Å²) in [6, 6.07) is 18.4. The molecular weight excluding hydrogens is 429 g/mol. The van der Waals surface area contributed by atoms with Gasteiger partial charge >= 0.3 is 0 Å². The Hall–Kier alpha value is -3.68. The third-order valence-corrected chi connectivity index (χ3v) is 6.64. The molecule has 0 amide bonds. The summed E-state index contributed by atoms with van der Waals surface area (Å²) in [7, 11) is 0. The average molecular weight is 454 g/mol. The van der Waals surface area contributed by atoms with Gasteiger partial charge in [0.05, 0.1) is 17.0 Å². The molecule has 170 valence electrons. The second-order valence-corrected chi connectivity index (χ2v) is 9.71. The van der Waals surface area contributed by atoms with Crippen LogP contribution >= 0.6 is 0 Å². The van der Waals surface area contributed by atoms with E-state index in [4.69, 9.17) is 10.7 Å². The second kappa shape index (κ2) is 7.16. The summed E-state index contributed by atoms with van der Waals surface area (Å²) >= 11 is 0. The van der Waals surface area contributed by atoms with Gasteiger partial charge in [-0.25, -0.2) is 14.4 Å². The van der Waals surface area contributed by atoms with Crippen LogP contribution in [0.3, 0.4) is 0 Å². The molecule has 3 N–H and O–H groups in total. The van der Waals surface area contributed by atoms with Crippen LogP contribution in [0, 0.1) is 12.7 Å². The molecule has 6 rings (SSSR count). The molecule has 3 heterocycles. The number of pyridine rings is 1. The maximum absolute atomic E-state index is 14.1.